The summed E-state index contributed by atoms with van der Waals surface area (Å²) in [5, 5.41) is 27.9. The van der Waals surface area contributed by atoms with E-state index in [0.717, 1.165) is 11.3 Å². The molecule has 3 aromatic carbocycles. The van der Waals surface area contributed by atoms with E-state index in [2.05, 4.69) is 52.5 Å². The van der Waals surface area contributed by atoms with E-state index >= 15 is 0 Å². The van der Waals surface area contributed by atoms with Crippen molar-refractivity contribution in [1.29, 1.82) is 0 Å². The van der Waals surface area contributed by atoms with Crippen LogP contribution in [0.5, 0.6) is 11.5 Å². The second kappa shape index (κ2) is 9.33. The van der Waals surface area contributed by atoms with E-state index in [1.807, 2.05) is 60.7 Å². The maximum atomic E-state index is 12.7. The molecule has 1 amide bonds. The number of carbonyl (C=O) groups excluding carboxylic acids is 1. The van der Waals surface area contributed by atoms with Gasteiger partial charge in [-0.05, 0) is 50.1 Å². The van der Waals surface area contributed by atoms with Crippen LogP contribution in [0.2, 0.25) is 0 Å². The Bertz CT molecular complexity index is 1250. The summed E-state index contributed by atoms with van der Waals surface area (Å²) >= 11 is 6.32. The zero-order chi connectivity index (χ0) is 22.7. The molecular weight excluding hydrogens is 542 g/mol. The van der Waals surface area contributed by atoms with Crippen molar-refractivity contribution in [2.45, 2.75) is 0 Å². The highest BCUT2D eigenvalue weighted by Gasteiger charge is 2.18. The fourth-order valence-corrected chi connectivity index (χ4v) is 3.70. The lowest BCUT2D eigenvalue weighted by Crippen LogP contribution is -2.19. The molecule has 160 valence electrons. The zero-order valence-electron chi connectivity index (χ0n) is 16.3. The summed E-state index contributed by atoms with van der Waals surface area (Å²) in [5.41, 5.74) is 4.38. The van der Waals surface area contributed by atoms with E-state index in [-0.39, 0.29) is 26.3 Å². The predicted molar refractivity (Wildman–Crippen MR) is 127 cm³/mol. The Morgan fingerprint density at radius 1 is 1.00 bits per heavy atom. The number of phenols is 2. The number of hydrazone groups is 1. The summed E-state index contributed by atoms with van der Waals surface area (Å²) in [7, 11) is 0. The number of nitrogens with zero attached hydrogens (tertiary/aromatic N) is 4. The normalized spacial score (nSPS) is 11.1. The largest absolute Gasteiger partial charge is 0.503 e. The van der Waals surface area contributed by atoms with E-state index < -0.39 is 5.91 Å². The maximum absolute atomic E-state index is 12.7. The molecule has 4 rings (SSSR count). The van der Waals surface area contributed by atoms with Gasteiger partial charge in [0.25, 0.3) is 0 Å². The van der Waals surface area contributed by atoms with Gasteiger partial charge in [-0.1, -0.05) is 48.5 Å². The minimum absolute atomic E-state index is 0.0568. The van der Waals surface area contributed by atoms with E-state index in [9.17, 15) is 15.0 Å². The zero-order valence-corrected chi connectivity index (χ0v) is 19.4. The fraction of sp³-hybridized carbons (Fsp3) is 0. The van der Waals surface area contributed by atoms with Crippen LogP contribution in [0.1, 0.15) is 16.2 Å². The molecule has 32 heavy (non-hydrogen) atoms. The summed E-state index contributed by atoms with van der Waals surface area (Å²) < 4.78 is 2.11. The molecule has 1 heterocycles. The average molecular weight is 557 g/mol. The molecule has 0 fully saturated rings. The highest BCUT2D eigenvalue weighted by atomic mass is 79.9. The van der Waals surface area contributed by atoms with E-state index in [0.29, 0.717) is 11.4 Å². The molecule has 8 nitrogen and oxygen atoms in total. The van der Waals surface area contributed by atoms with Crippen LogP contribution in [-0.2, 0) is 0 Å². The van der Waals surface area contributed by atoms with Gasteiger partial charge in [0.15, 0.2) is 17.3 Å². The van der Waals surface area contributed by atoms with Gasteiger partial charge in [0.05, 0.1) is 20.8 Å². The van der Waals surface area contributed by atoms with Crippen LogP contribution < -0.4 is 5.43 Å². The monoisotopic (exact) mass is 555 g/mol. The number of aromatic nitrogens is 3. The molecule has 3 N–H and O–H groups in total. The molecule has 0 radical (unpaired) electrons. The molecule has 0 spiro atoms. The summed E-state index contributed by atoms with van der Waals surface area (Å²) in [6.45, 7) is 0. The van der Waals surface area contributed by atoms with Crippen LogP contribution in [0.25, 0.3) is 17.1 Å². The number of hydrogen-bond donors (Lipinski definition) is 3. The van der Waals surface area contributed by atoms with Gasteiger partial charge in [-0.3, -0.25) is 4.79 Å². The predicted octanol–water partition coefficient (Wildman–Crippen LogP) is 4.63. The topological polar surface area (TPSA) is 113 Å². The van der Waals surface area contributed by atoms with Crippen molar-refractivity contribution in [2.24, 2.45) is 5.10 Å². The molecule has 10 heteroatoms. The first kappa shape index (κ1) is 21.7. The van der Waals surface area contributed by atoms with E-state index in [4.69, 9.17) is 0 Å². The molecule has 1 aromatic heterocycles. The molecular formula is C22H15Br2N5O3. The smallest absolute Gasteiger partial charge is 0.311 e. The van der Waals surface area contributed by atoms with Gasteiger partial charge in [0.1, 0.15) is 0 Å². The number of para-hydroxylation sites is 1. The third-order valence-corrected chi connectivity index (χ3v) is 5.84. The molecule has 0 saturated heterocycles. The van der Waals surface area contributed by atoms with Crippen molar-refractivity contribution in [2.75, 3.05) is 0 Å². The molecule has 0 saturated carbocycles. The first-order valence-corrected chi connectivity index (χ1v) is 10.9. The molecule has 0 aliphatic carbocycles. The first-order valence-electron chi connectivity index (χ1n) is 9.27. The van der Waals surface area contributed by atoms with Crippen LogP contribution in [0.4, 0.5) is 0 Å². The number of amides is 1. The number of aromatic hydroxyl groups is 2. The molecule has 0 bridgehead atoms. The second-order valence-corrected chi connectivity index (χ2v) is 8.18. The fourth-order valence-electron chi connectivity index (χ4n) is 2.86. The van der Waals surface area contributed by atoms with Gasteiger partial charge in [-0.2, -0.15) is 5.10 Å². The van der Waals surface area contributed by atoms with Crippen LogP contribution in [-0.4, -0.2) is 37.1 Å². The van der Waals surface area contributed by atoms with Crippen molar-refractivity contribution in [3.05, 3.63) is 87.1 Å². The highest BCUT2D eigenvalue weighted by Crippen LogP contribution is 2.40. The molecule has 0 unspecified atom stereocenters. The maximum Gasteiger partial charge on any atom is 0.311 e. The Labute approximate surface area is 199 Å². The minimum Gasteiger partial charge on any atom is -0.503 e. The Morgan fingerprint density at radius 2 is 1.66 bits per heavy atom. The van der Waals surface area contributed by atoms with E-state index in [1.54, 1.807) is 4.68 Å². The quantitative estimate of drug-likeness (QED) is 0.188. The number of carbonyl (C=O) groups is 1. The SMILES string of the molecule is O=C(N/N=C/c1cc(Br)c(O)c(O)c1Br)c1nc(-c2ccccc2)n(-c2ccccc2)n1. The summed E-state index contributed by atoms with van der Waals surface area (Å²) in [6.07, 6.45) is 1.32. The summed E-state index contributed by atoms with van der Waals surface area (Å²) in [4.78, 5) is 17.1. The summed E-state index contributed by atoms with van der Waals surface area (Å²) in [6, 6.07) is 20.3. The number of hydrogen-bond acceptors (Lipinski definition) is 6. The summed E-state index contributed by atoms with van der Waals surface area (Å²) in [5.74, 6) is -0.795. The standard InChI is InChI=1S/C22H15Br2N5O3/c23-16-11-14(17(24)19(31)18(16)30)12-25-27-22(32)20-26-21(13-7-3-1-4-8-13)29(28-20)15-9-5-2-6-10-15/h1-12,30-31H,(H,27,32)/b25-12+. The van der Waals surface area contributed by atoms with E-state index in [1.165, 1.54) is 12.3 Å². The number of halogens is 2. The number of nitrogens with one attached hydrogen (secondary N) is 1. The lowest BCUT2D eigenvalue weighted by molar-refractivity contribution is 0.0945. The van der Waals surface area contributed by atoms with Gasteiger partial charge in [-0.15, -0.1) is 5.10 Å². The Kier molecular flexibility index (Phi) is 6.33. The second-order valence-electron chi connectivity index (χ2n) is 6.53. The van der Waals surface area contributed by atoms with Crippen LogP contribution in [0.15, 0.2) is 80.8 Å². The van der Waals surface area contributed by atoms with Gasteiger partial charge < -0.3 is 10.2 Å². The van der Waals surface area contributed by atoms with Crippen molar-refractivity contribution in [3.63, 3.8) is 0 Å². The van der Waals surface area contributed by atoms with Gasteiger partial charge >= 0.3 is 5.91 Å². The molecule has 4 aromatic rings. The number of benzene rings is 3. The number of phenolic OH excluding ortho intramolecular Hbond substituents is 2. The van der Waals surface area contributed by atoms with Crippen molar-refractivity contribution >= 4 is 44.0 Å². The van der Waals surface area contributed by atoms with Crippen LogP contribution in [0.3, 0.4) is 0 Å². The molecule has 0 aliphatic heterocycles. The number of rotatable bonds is 5. The highest BCUT2D eigenvalue weighted by molar-refractivity contribution is 9.11. The Hall–Kier alpha value is -3.50. The lowest BCUT2D eigenvalue weighted by Gasteiger charge is -2.06. The minimum atomic E-state index is -0.605. The lowest BCUT2D eigenvalue weighted by atomic mass is 10.2. The van der Waals surface area contributed by atoms with Crippen LogP contribution >= 0.6 is 31.9 Å². The molecule has 0 atom stereocenters. The van der Waals surface area contributed by atoms with Crippen molar-refractivity contribution < 1.29 is 15.0 Å². The Balaban J connectivity index is 1.62. The van der Waals surface area contributed by atoms with Crippen LogP contribution in [0, 0.1) is 0 Å². The van der Waals surface area contributed by atoms with Gasteiger partial charge in [0, 0.05) is 11.1 Å². The third-order valence-electron chi connectivity index (χ3n) is 4.41. The third kappa shape index (κ3) is 4.41. The van der Waals surface area contributed by atoms with Crippen molar-refractivity contribution in [1.82, 2.24) is 20.2 Å². The molecule has 0 aliphatic rings. The van der Waals surface area contributed by atoms with Crippen molar-refractivity contribution in [3.8, 4) is 28.6 Å². The average Bonchev–Trinajstić information content (AvgIpc) is 3.28. The van der Waals surface area contributed by atoms with Gasteiger partial charge in [-0.25, -0.2) is 15.1 Å². The Morgan fingerprint density at radius 3 is 2.34 bits per heavy atom. The first-order chi connectivity index (χ1) is 15.5. The van der Waals surface area contributed by atoms with Gasteiger partial charge in [0.2, 0.25) is 5.82 Å².